The first-order chi connectivity index (χ1) is 12.1. The van der Waals surface area contributed by atoms with Crippen molar-refractivity contribution in [1.29, 1.82) is 0 Å². The molecule has 0 aromatic carbocycles. The number of aromatic nitrogens is 4. The van der Waals surface area contributed by atoms with Crippen molar-refractivity contribution in [1.82, 2.24) is 19.5 Å². The number of aliphatic hydroxyl groups excluding tert-OH is 2. The van der Waals surface area contributed by atoms with Gasteiger partial charge in [0.2, 0.25) is 0 Å². The Bertz CT molecular complexity index is 848. The highest BCUT2D eigenvalue weighted by Crippen LogP contribution is 2.42. The molecule has 0 saturated carbocycles. The van der Waals surface area contributed by atoms with Crippen molar-refractivity contribution < 1.29 is 14.9 Å². The number of imidazole rings is 1. The highest BCUT2D eigenvalue weighted by molar-refractivity contribution is 7.72. The van der Waals surface area contributed by atoms with Gasteiger partial charge in [0, 0.05) is 6.42 Å². The summed E-state index contributed by atoms with van der Waals surface area (Å²) in [5, 5.41) is 21.1. The van der Waals surface area contributed by atoms with Crippen molar-refractivity contribution in [3.05, 3.63) is 12.2 Å². The van der Waals surface area contributed by atoms with Crippen LogP contribution in [0.3, 0.4) is 0 Å². The Kier molecular flexibility index (Phi) is 5.14. The maximum Gasteiger partial charge on any atom is 0.167 e. The topological polar surface area (TPSA) is 119 Å². The van der Waals surface area contributed by atoms with Gasteiger partial charge in [-0.2, -0.15) is 0 Å². The largest absolute Gasteiger partial charge is 0.388 e. The van der Waals surface area contributed by atoms with Gasteiger partial charge in [-0.1, -0.05) is 13.8 Å². The molecule has 1 unspecified atom stereocenters. The Morgan fingerprint density at radius 2 is 2.04 bits per heavy atom. The van der Waals surface area contributed by atoms with E-state index >= 15 is 0 Å². The standard InChI is InChI=1S/C17H28N5O3P/c1-6-10-20-15(18)11-16(21-10)22(8-19-11)17-13(24)12(23)14(25-17)9(2)7-26(3,4)5/h8-9,12-14,17,23-24H,3,6-7H2,1-2,4-5H3,(H2,18,20,21)/t9?,12-,13+,14+,17+/m0/s1. The molecule has 5 atom stereocenters. The van der Waals surface area contributed by atoms with Crippen molar-refractivity contribution in [2.75, 3.05) is 25.2 Å². The number of nitrogen functional groups attached to an aromatic ring is 1. The molecule has 1 aliphatic heterocycles. The predicted molar refractivity (Wildman–Crippen MR) is 105 cm³/mol. The van der Waals surface area contributed by atoms with Crippen LogP contribution in [-0.4, -0.2) is 73.8 Å². The highest BCUT2D eigenvalue weighted by atomic mass is 31.2. The lowest BCUT2D eigenvalue weighted by Crippen LogP contribution is -2.36. The van der Waals surface area contributed by atoms with E-state index in [0.29, 0.717) is 29.2 Å². The van der Waals surface area contributed by atoms with Crippen LogP contribution in [0.15, 0.2) is 6.33 Å². The fraction of sp³-hybridized carbons (Fsp3) is 0.647. The monoisotopic (exact) mass is 381 g/mol. The van der Waals surface area contributed by atoms with Crippen molar-refractivity contribution >= 4 is 30.2 Å². The number of nitrogens with two attached hydrogens (primary N) is 1. The zero-order valence-electron chi connectivity index (χ0n) is 15.7. The van der Waals surface area contributed by atoms with Gasteiger partial charge in [-0.3, -0.25) is 4.57 Å². The molecule has 0 aliphatic carbocycles. The summed E-state index contributed by atoms with van der Waals surface area (Å²) >= 11 is 0. The summed E-state index contributed by atoms with van der Waals surface area (Å²) in [6, 6.07) is 0. The SMILES string of the molecule is C=P(C)(C)CC(C)[C@H]1O[C@@H](n2cnc3c(N)nc(CC)nc32)[C@H](O)[C@@H]1O. The van der Waals surface area contributed by atoms with Crippen LogP contribution >= 0.6 is 6.89 Å². The molecular weight excluding hydrogens is 353 g/mol. The van der Waals surface area contributed by atoms with Gasteiger partial charge in [-0.05, 0) is 25.4 Å². The summed E-state index contributed by atoms with van der Waals surface area (Å²) in [6.07, 6.45) is 3.95. The van der Waals surface area contributed by atoms with Crippen LogP contribution in [0, 0.1) is 5.92 Å². The number of ether oxygens (including phenoxy) is 1. The van der Waals surface area contributed by atoms with Crippen LogP contribution in [0.5, 0.6) is 0 Å². The smallest absolute Gasteiger partial charge is 0.167 e. The molecule has 2 aromatic heterocycles. The normalized spacial score (nSPS) is 27.9. The fourth-order valence-electron chi connectivity index (χ4n) is 3.60. The van der Waals surface area contributed by atoms with Crippen molar-refractivity contribution in [3.63, 3.8) is 0 Å². The number of aliphatic hydroxyl groups is 2. The molecule has 3 rings (SSSR count). The maximum absolute atomic E-state index is 10.6. The maximum atomic E-state index is 10.6. The first-order valence-corrected chi connectivity index (χ1v) is 11.9. The Balaban J connectivity index is 1.94. The van der Waals surface area contributed by atoms with Crippen LogP contribution in [0.1, 0.15) is 25.9 Å². The molecular formula is C17H28N5O3P. The first kappa shape index (κ1) is 19.3. The molecule has 0 bridgehead atoms. The number of fused-ring (bicyclic) bond motifs is 1. The van der Waals surface area contributed by atoms with E-state index in [2.05, 4.69) is 34.6 Å². The zero-order valence-corrected chi connectivity index (χ0v) is 16.6. The number of rotatable bonds is 5. The van der Waals surface area contributed by atoms with Gasteiger partial charge in [0.05, 0.1) is 12.4 Å². The Hall–Kier alpha value is -1.47. The first-order valence-electron chi connectivity index (χ1n) is 8.80. The van der Waals surface area contributed by atoms with Crippen molar-refractivity contribution in [2.24, 2.45) is 5.92 Å². The molecule has 3 heterocycles. The van der Waals surface area contributed by atoms with Crippen LogP contribution in [-0.2, 0) is 11.2 Å². The van der Waals surface area contributed by atoms with E-state index in [1.807, 2.05) is 13.8 Å². The molecule has 0 spiro atoms. The quantitative estimate of drug-likeness (QED) is 0.659. The summed E-state index contributed by atoms with van der Waals surface area (Å²) in [5.41, 5.74) is 6.94. The number of anilines is 1. The average molecular weight is 381 g/mol. The second-order valence-corrected chi connectivity index (χ2v) is 12.0. The lowest BCUT2D eigenvalue weighted by atomic mass is 10.0. The van der Waals surface area contributed by atoms with Crippen LogP contribution in [0.2, 0.25) is 0 Å². The number of hydrogen-bond donors (Lipinski definition) is 3. The summed E-state index contributed by atoms with van der Waals surface area (Å²) in [5.74, 6) is 0.969. The molecule has 0 radical (unpaired) electrons. The minimum absolute atomic E-state index is 0.0752. The Morgan fingerprint density at radius 3 is 2.65 bits per heavy atom. The highest BCUT2D eigenvalue weighted by Gasteiger charge is 2.46. The van der Waals surface area contributed by atoms with Gasteiger partial charge < -0.3 is 20.7 Å². The second-order valence-electron chi connectivity index (χ2n) is 7.77. The summed E-state index contributed by atoms with van der Waals surface area (Å²) in [6.45, 7) is 6.97. The van der Waals surface area contributed by atoms with E-state index in [0.717, 1.165) is 6.16 Å². The number of nitrogens with zero attached hydrogens (tertiary/aromatic N) is 4. The molecule has 9 heteroatoms. The minimum atomic E-state index is -1.29. The van der Waals surface area contributed by atoms with E-state index in [-0.39, 0.29) is 5.92 Å². The lowest BCUT2D eigenvalue weighted by molar-refractivity contribution is -0.0487. The van der Waals surface area contributed by atoms with Crippen molar-refractivity contribution in [3.8, 4) is 0 Å². The van der Waals surface area contributed by atoms with E-state index in [1.165, 1.54) is 6.33 Å². The van der Waals surface area contributed by atoms with E-state index in [9.17, 15) is 10.2 Å². The van der Waals surface area contributed by atoms with Crippen molar-refractivity contribution in [2.45, 2.75) is 44.8 Å². The van der Waals surface area contributed by atoms with Crippen LogP contribution < -0.4 is 5.73 Å². The minimum Gasteiger partial charge on any atom is -0.388 e. The second kappa shape index (κ2) is 6.93. The Labute approximate surface area is 153 Å². The van der Waals surface area contributed by atoms with Gasteiger partial charge in [0.1, 0.15) is 23.5 Å². The number of hydrogen-bond acceptors (Lipinski definition) is 7. The fourth-order valence-corrected chi connectivity index (χ4v) is 5.37. The third-order valence-electron chi connectivity index (χ3n) is 4.70. The summed E-state index contributed by atoms with van der Waals surface area (Å²) in [4.78, 5) is 13.0. The molecule has 26 heavy (non-hydrogen) atoms. The molecule has 1 aliphatic rings. The zero-order chi connectivity index (χ0) is 19.2. The molecule has 2 aromatic rings. The van der Waals surface area contributed by atoms with Gasteiger partial charge in [-0.15, -0.1) is 13.2 Å². The number of aryl methyl sites for hydroxylation is 1. The predicted octanol–water partition coefficient (Wildman–Crippen LogP) is 0.935. The molecule has 0 amide bonds. The summed E-state index contributed by atoms with van der Waals surface area (Å²) in [7, 11) is 0. The third kappa shape index (κ3) is 3.51. The van der Waals surface area contributed by atoms with Crippen LogP contribution in [0.25, 0.3) is 11.2 Å². The van der Waals surface area contributed by atoms with E-state index in [4.69, 9.17) is 10.5 Å². The molecule has 4 N–H and O–H groups in total. The van der Waals surface area contributed by atoms with Gasteiger partial charge in [-0.25, -0.2) is 15.0 Å². The van der Waals surface area contributed by atoms with E-state index < -0.39 is 31.4 Å². The van der Waals surface area contributed by atoms with E-state index in [1.54, 1.807) is 4.57 Å². The summed E-state index contributed by atoms with van der Waals surface area (Å²) < 4.78 is 7.71. The molecule has 8 nitrogen and oxygen atoms in total. The third-order valence-corrected chi connectivity index (χ3v) is 6.27. The molecule has 1 saturated heterocycles. The van der Waals surface area contributed by atoms with Crippen LogP contribution in [0.4, 0.5) is 5.82 Å². The Morgan fingerprint density at radius 1 is 1.35 bits per heavy atom. The lowest BCUT2D eigenvalue weighted by Gasteiger charge is -2.26. The van der Waals surface area contributed by atoms with Gasteiger partial charge in [0.15, 0.2) is 17.7 Å². The molecule has 1 fully saturated rings. The molecule has 144 valence electrons. The van der Waals surface area contributed by atoms with Gasteiger partial charge >= 0.3 is 0 Å². The average Bonchev–Trinajstić information content (AvgIpc) is 3.08. The van der Waals surface area contributed by atoms with Gasteiger partial charge in [0.25, 0.3) is 0 Å².